The summed E-state index contributed by atoms with van der Waals surface area (Å²) in [5.41, 5.74) is 2.40. The molecule has 0 aliphatic carbocycles. The summed E-state index contributed by atoms with van der Waals surface area (Å²) in [5.74, 6) is -1.24. The Labute approximate surface area is 378 Å². The zero-order valence-electron chi connectivity index (χ0n) is 35.6. The zero-order valence-corrected chi connectivity index (χ0v) is 37.1. The minimum absolute atomic E-state index is 0.0900. The highest BCUT2D eigenvalue weighted by molar-refractivity contribution is 6.37. The molecule has 0 bridgehead atoms. The number of ether oxygens (including phenoxy) is 3. The summed E-state index contributed by atoms with van der Waals surface area (Å²) in [7, 11) is 0. The van der Waals surface area contributed by atoms with Gasteiger partial charge < -0.3 is 29.1 Å². The quantitative estimate of drug-likeness (QED) is 0.0671. The van der Waals surface area contributed by atoms with Gasteiger partial charge >= 0.3 is 11.7 Å². The lowest BCUT2D eigenvalue weighted by atomic mass is 9.87. The van der Waals surface area contributed by atoms with E-state index in [1.165, 1.54) is 34.6 Å². The van der Waals surface area contributed by atoms with Gasteiger partial charge in [0.25, 0.3) is 6.33 Å². The molecule has 1 N–H and O–H groups in total. The fourth-order valence-electron chi connectivity index (χ4n) is 8.61. The predicted molar refractivity (Wildman–Crippen MR) is 237 cm³/mol. The first-order chi connectivity index (χ1) is 30.8. The first-order valence-electron chi connectivity index (χ1n) is 21.1. The van der Waals surface area contributed by atoms with Gasteiger partial charge in [0.05, 0.1) is 47.6 Å². The summed E-state index contributed by atoms with van der Waals surface area (Å²) in [4.78, 5) is 29.2. The summed E-state index contributed by atoms with van der Waals surface area (Å²) >= 11 is 12.7. The molecule has 6 aromatic rings. The van der Waals surface area contributed by atoms with E-state index in [1.807, 2.05) is 55.5 Å². The molecule has 4 aromatic carbocycles. The molecule has 4 atom stereocenters. The van der Waals surface area contributed by atoms with Crippen LogP contribution in [0.3, 0.4) is 0 Å². The molecule has 8 rings (SSSR count). The minimum atomic E-state index is -1.15. The lowest BCUT2D eigenvalue weighted by Crippen LogP contribution is -2.46. The number of rotatable bonds is 15. The highest BCUT2D eigenvalue weighted by atomic mass is 35.5. The van der Waals surface area contributed by atoms with Crippen molar-refractivity contribution >= 4 is 40.5 Å². The maximum Gasteiger partial charge on any atom is 0.350 e. The first-order valence-corrected chi connectivity index (χ1v) is 21.9. The second-order valence-corrected chi connectivity index (χ2v) is 17.2. The average Bonchev–Trinajstić information content (AvgIpc) is 4.00. The standard InChI is InChI=1S/C46H49Cl2F2N8O6/c1-4-43(30(2)59)58-45(61)57(28-52-58)37-8-6-35(7-9-37)54-15-17-55(18-16-54)36-10-12-38(13-11-36)62-24-33-22-46(63-25-33,39-14-5-34(49)21-42(39)50)26-56-29-53(27-51-56)23-32-19-40(47)44(41(48)20-32)64-31(3)60/h5-14,19-21,27-30,33,43,59H,4,15-18,22-26H2,1-3H3/q+1/t30-,33?,43-,46+/m0/s1. The van der Waals surface area contributed by atoms with Crippen molar-refractivity contribution in [3.63, 3.8) is 0 Å². The molecule has 0 spiro atoms. The second-order valence-electron chi connectivity index (χ2n) is 16.3. The number of esters is 1. The number of benzene rings is 4. The number of nitrogens with zero attached hydrogens (tertiary/aromatic N) is 8. The molecule has 0 saturated carbocycles. The SMILES string of the molecule is CC[C@@H]([C@H](C)O)n1ncn(-c2ccc(N3CCN(c4ccc(OCC5CO[C@](Cn6c[n+](Cc7cc(Cl)c(OC(C)=O)c(Cl)c7)cn6)(c6ccc(F)cc6F)C5)cc4)CC3)cc2)c1=O. The van der Waals surface area contributed by atoms with E-state index < -0.39 is 29.3 Å². The molecule has 0 radical (unpaired) electrons. The number of halogens is 4. The monoisotopic (exact) mass is 917 g/mol. The molecule has 64 heavy (non-hydrogen) atoms. The van der Waals surface area contributed by atoms with Crippen molar-refractivity contribution in [2.24, 2.45) is 5.92 Å². The number of carbonyl (C=O) groups excluding carboxylic acids is 1. The molecule has 2 aliphatic heterocycles. The molecule has 18 heteroatoms. The fourth-order valence-corrected chi connectivity index (χ4v) is 9.22. The number of aliphatic hydroxyl groups excluding tert-OH is 1. The molecule has 1 unspecified atom stereocenters. The van der Waals surface area contributed by atoms with Gasteiger partial charge in [0.1, 0.15) is 35.9 Å². The van der Waals surface area contributed by atoms with E-state index in [9.17, 15) is 19.1 Å². The largest absolute Gasteiger partial charge is 0.493 e. The number of aliphatic hydroxyl groups is 1. The number of carbonyl (C=O) groups is 1. The summed E-state index contributed by atoms with van der Waals surface area (Å²) in [6.07, 6.45) is 5.16. The molecular formula is C46H49Cl2F2N8O6+. The smallest absolute Gasteiger partial charge is 0.350 e. The number of hydrogen-bond donors (Lipinski definition) is 1. The topological polar surface area (TPSA) is 133 Å². The van der Waals surface area contributed by atoms with Crippen LogP contribution >= 0.6 is 23.2 Å². The van der Waals surface area contributed by atoms with E-state index in [-0.39, 0.29) is 45.6 Å². The molecule has 0 amide bonds. The number of piperazine rings is 1. The van der Waals surface area contributed by atoms with Crippen LogP contribution in [0.1, 0.15) is 50.8 Å². The third-order valence-corrected chi connectivity index (χ3v) is 12.4. The van der Waals surface area contributed by atoms with Crippen LogP contribution in [0.2, 0.25) is 10.0 Å². The van der Waals surface area contributed by atoms with Crippen LogP contribution in [0.15, 0.2) is 103 Å². The Hall–Kier alpha value is -5.81. The molecular weight excluding hydrogens is 869 g/mol. The first kappa shape index (κ1) is 44.8. The van der Waals surface area contributed by atoms with Crippen molar-refractivity contribution in [3.05, 3.63) is 141 Å². The van der Waals surface area contributed by atoms with Crippen LogP contribution in [-0.4, -0.2) is 80.7 Å². The van der Waals surface area contributed by atoms with Crippen molar-refractivity contribution in [2.75, 3.05) is 49.2 Å². The summed E-state index contributed by atoms with van der Waals surface area (Å²) in [5, 5.41) is 19.3. The van der Waals surface area contributed by atoms with Crippen LogP contribution in [0.25, 0.3) is 5.69 Å². The zero-order chi connectivity index (χ0) is 45.1. The number of hydrogen-bond acceptors (Lipinski definition) is 10. The molecule has 14 nitrogen and oxygen atoms in total. The summed E-state index contributed by atoms with van der Waals surface area (Å²) < 4.78 is 53.7. The van der Waals surface area contributed by atoms with Gasteiger partial charge in [-0.15, -0.1) is 4.68 Å². The van der Waals surface area contributed by atoms with Gasteiger partial charge in [-0.3, -0.25) is 4.79 Å². The molecule has 336 valence electrons. The van der Waals surface area contributed by atoms with Gasteiger partial charge in [0.2, 0.25) is 6.33 Å². The lowest BCUT2D eigenvalue weighted by molar-refractivity contribution is -0.689. The van der Waals surface area contributed by atoms with E-state index in [0.717, 1.165) is 49.2 Å². The van der Waals surface area contributed by atoms with Crippen molar-refractivity contribution in [3.8, 4) is 17.2 Å². The molecule has 2 saturated heterocycles. The maximum atomic E-state index is 15.5. The van der Waals surface area contributed by atoms with E-state index >= 15 is 4.39 Å². The molecule has 2 fully saturated rings. The van der Waals surface area contributed by atoms with E-state index in [4.69, 9.17) is 37.4 Å². The van der Waals surface area contributed by atoms with Gasteiger partial charge in [-0.05, 0) is 92.1 Å². The fraction of sp³-hybridized carbons (Fsp3) is 0.370. The van der Waals surface area contributed by atoms with Crippen LogP contribution in [0.5, 0.6) is 11.5 Å². The lowest BCUT2D eigenvalue weighted by Gasteiger charge is -2.37. The predicted octanol–water partition coefficient (Wildman–Crippen LogP) is 6.75. The normalized spacial score (nSPS) is 18.6. The van der Waals surface area contributed by atoms with Crippen LogP contribution in [0.4, 0.5) is 20.2 Å². The minimum Gasteiger partial charge on any atom is -0.493 e. The van der Waals surface area contributed by atoms with E-state index in [2.05, 4.69) is 20.0 Å². The third kappa shape index (κ3) is 9.79. The Bertz CT molecular complexity index is 2630. The van der Waals surface area contributed by atoms with Crippen LogP contribution in [-0.2, 0) is 28.2 Å². The van der Waals surface area contributed by atoms with Gasteiger partial charge in [-0.1, -0.05) is 36.2 Å². The molecule has 2 aromatic heterocycles. The van der Waals surface area contributed by atoms with Crippen molar-refractivity contribution in [1.29, 1.82) is 0 Å². The van der Waals surface area contributed by atoms with Gasteiger partial charge in [-0.25, -0.2) is 27.4 Å². The molecule has 4 heterocycles. The van der Waals surface area contributed by atoms with E-state index in [1.54, 1.807) is 41.0 Å². The van der Waals surface area contributed by atoms with Gasteiger partial charge in [-0.2, -0.15) is 5.10 Å². The Morgan fingerprint density at radius 1 is 0.953 bits per heavy atom. The van der Waals surface area contributed by atoms with Gasteiger partial charge in [0.15, 0.2) is 5.75 Å². The summed E-state index contributed by atoms with van der Waals surface area (Å²) in [6.45, 7) is 9.21. The highest BCUT2D eigenvalue weighted by Crippen LogP contribution is 2.42. The van der Waals surface area contributed by atoms with Crippen molar-refractivity contribution < 1.29 is 37.5 Å². The Balaban J connectivity index is 0.863. The van der Waals surface area contributed by atoms with Crippen molar-refractivity contribution in [1.82, 2.24) is 24.1 Å². The maximum absolute atomic E-state index is 15.5. The van der Waals surface area contributed by atoms with Crippen molar-refractivity contribution in [2.45, 2.75) is 64.4 Å². The number of aromatic nitrogens is 6. The Morgan fingerprint density at radius 2 is 1.59 bits per heavy atom. The molecule has 2 aliphatic rings. The Morgan fingerprint density at radius 3 is 2.20 bits per heavy atom. The third-order valence-electron chi connectivity index (χ3n) is 11.8. The van der Waals surface area contributed by atoms with Crippen LogP contribution < -0.4 is 29.5 Å². The Kier molecular flexibility index (Phi) is 13.4. The number of anilines is 2. The van der Waals surface area contributed by atoms with Gasteiger partial charge in [0, 0.05) is 67.1 Å². The van der Waals surface area contributed by atoms with E-state index in [0.29, 0.717) is 44.0 Å². The van der Waals surface area contributed by atoms with Crippen LogP contribution in [0, 0.1) is 17.6 Å². The second kappa shape index (κ2) is 19.1. The highest BCUT2D eigenvalue weighted by Gasteiger charge is 2.46. The summed E-state index contributed by atoms with van der Waals surface area (Å²) in [6, 6.07) is 22.3. The average molecular weight is 919 g/mol.